The van der Waals surface area contributed by atoms with E-state index in [1.54, 1.807) is 28.2 Å². The van der Waals surface area contributed by atoms with Crippen LogP contribution >= 0.6 is 0 Å². The summed E-state index contributed by atoms with van der Waals surface area (Å²) in [7, 11) is 0. The van der Waals surface area contributed by atoms with E-state index in [1.165, 1.54) is 53.5 Å². The van der Waals surface area contributed by atoms with E-state index in [1.807, 2.05) is 0 Å². The molecule has 4 nitrogen and oxygen atoms in total. The van der Waals surface area contributed by atoms with Gasteiger partial charge in [0.2, 0.25) is 0 Å². The van der Waals surface area contributed by atoms with Crippen LogP contribution in [0.4, 0.5) is 0 Å². The van der Waals surface area contributed by atoms with E-state index in [9.17, 15) is 4.79 Å². The summed E-state index contributed by atoms with van der Waals surface area (Å²) in [5, 5.41) is 8.83. The van der Waals surface area contributed by atoms with Crippen LogP contribution in [0.2, 0.25) is 0 Å². The van der Waals surface area contributed by atoms with E-state index < -0.39 is 0 Å². The highest BCUT2D eigenvalue weighted by atomic mass is 16.3. The zero-order valence-corrected chi connectivity index (χ0v) is 17.8. The molecule has 4 heteroatoms. The average Bonchev–Trinajstić information content (AvgIpc) is 3.39. The summed E-state index contributed by atoms with van der Waals surface area (Å²) in [5.41, 5.74) is 3.17. The number of nitrogens with one attached hydrogen (secondary N) is 1. The molecule has 1 amide bonds. The molecule has 3 aromatic carbocycles. The van der Waals surface area contributed by atoms with Gasteiger partial charge in [0.1, 0.15) is 0 Å². The molecule has 1 aliphatic heterocycles. The lowest BCUT2D eigenvalue weighted by Gasteiger charge is -2.26. The summed E-state index contributed by atoms with van der Waals surface area (Å²) in [4.78, 5) is 13.5. The number of hydrogen-bond acceptors (Lipinski definition) is 3. The van der Waals surface area contributed by atoms with Crippen molar-refractivity contribution in [3.05, 3.63) is 83.8 Å². The normalized spacial score (nSPS) is 15.9. The summed E-state index contributed by atoms with van der Waals surface area (Å²) in [6.45, 7) is 3.26. The molecule has 0 atom stereocenters. The minimum Gasteiger partial charge on any atom is -0.459 e. The first-order valence-electron chi connectivity index (χ1n) is 11.3. The SMILES string of the molecule is O=C(c1ccco1)N1CCNCC1.c1ccc2c(c1)ccc1c3c(ccc12)CCCC3. The number of furan rings is 1. The summed E-state index contributed by atoms with van der Waals surface area (Å²) in [5.74, 6) is 0.424. The number of amides is 1. The fourth-order valence-corrected chi connectivity index (χ4v) is 4.77. The summed E-state index contributed by atoms with van der Waals surface area (Å²) in [6.07, 6.45) is 6.74. The van der Waals surface area contributed by atoms with Gasteiger partial charge in [0.25, 0.3) is 5.91 Å². The van der Waals surface area contributed by atoms with Crippen LogP contribution < -0.4 is 5.32 Å². The van der Waals surface area contributed by atoms with Crippen molar-refractivity contribution in [1.82, 2.24) is 10.2 Å². The first-order valence-corrected chi connectivity index (χ1v) is 11.3. The third-order valence-electron chi connectivity index (χ3n) is 6.39. The fourth-order valence-electron chi connectivity index (χ4n) is 4.77. The van der Waals surface area contributed by atoms with E-state index >= 15 is 0 Å². The smallest absolute Gasteiger partial charge is 0.289 e. The molecule has 0 saturated carbocycles. The van der Waals surface area contributed by atoms with Crippen molar-refractivity contribution in [1.29, 1.82) is 0 Å². The van der Waals surface area contributed by atoms with E-state index in [4.69, 9.17) is 4.42 Å². The highest BCUT2D eigenvalue weighted by Crippen LogP contribution is 2.33. The van der Waals surface area contributed by atoms with Gasteiger partial charge in [-0.25, -0.2) is 0 Å². The molecular formula is C27H28N2O2. The Morgan fingerprint density at radius 2 is 1.61 bits per heavy atom. The molecule has 0 spiro atoms. The molecule has 1 aliphatic carbocycles. The predicted octanol–water partition coefficient (Wildman–Crippen LogP) is 5.20. The van der Waals surface area contributed by atoms with Gasteiger partial charge < -0.3 is 14.6 Å². The van der Waals surface area contributed by atoms with Gasteiger partial charge in [0.15, 0.2) is 5.76 Å². The molecule has 1 fully saturated rings. The third-order valence-corrected chi connectivity index (χ3v) is 6.39. The topological polar surface area (TPSA) is 45.5 Å². The number of aryl methyl sites for hydroxylation is 2. The van der Waals surface area contributed by atoms with Crippen molar-refractivity contribution in [2.45, 2.75) is 25.7 Å². The molecule has 2 heterocycles. The Kier molecular flexibility index (Phi) is 5.72. The second-order valence-corrected chi connectivity index (χ2v) is 8.31. The van der Waals surface area contributed by atoms with Crippen LogP contribution in [-0.4, -0.2) is 37.0 Å². The Bertz CT molecular complexity index is 1190. The highest BCUT2D eigenvalue weighted by Gasteiger charge is 2.19. The average molecular weight is 413 g/mol. The molecule has 158 valence electrons. The van der Waals surface area contributed by atoms with E-state index in [0.29, 0.717) is 5.76 Å². The fraction of sp³-hybridized carbons (Fsp3) is 0.296. The van der Waals surface area contributed by atoms with Crippen molar-refractivity contribution in [2.24, 2.45) is 0 Å². The van der Waals surface area contributed by atoms with Crippen molar-refractivity contribution in [2.75, 3.05) is 26.2 Å². The van der Waals surface area contributed by atoms with Gasteiger partial charge in [0, 0.05) is 26.2 Å². The number of carbonyl (C=O) groups is 1. The molecule has 0 bridgehead atoms. The quantitative estimate of drug-likeness (QED) is 0.437. The molecule has 31 heavy (non-hydrogen) atoms. The van der Waals surface area contributed by atoms with E-state index in [-0.39, 0.29) is 5.91 Å². The molecule has 1 saturated heterocycles. The zero-order valence-electron chi connectivity index (χ0n) is 17.8. The van der Waals surface area contributed by atoms with Gasteiger partial charge in [-0.15, -0.1) is 0 Å². The second kappa shape index (κ2) is 8.94. The Morgan fingerprint density at radius 3 is 2.45 bits per heavy atom. The zero-order chi connectivity index (χ0) is 21.0. The first kappa shape index (κ1) is 19.8. The Balaban J connectivity index is 0.000000140. The molecule has 6 rings (SSSR count). The number of hydrogen-bond donors (Lipinski definition) is 1. The lowest BCUT2D eigenvalue weighted by molar-refractivity contribution is 0.0703. The highest BCUT2D eigenvalue weighted by molar-refractivity contribution is 6.08. The monoisotopic (exact) mass is 412 g/mol. The van der Waals surface area contributed by atoms with Crippen LogP contribution in [0.1, 0.15) is 34.5 Å². The number of fused-ring (bicyclic) bond motifs is 5. The second-order valence-electron chi connectivity index (χ2n) is 8.31. The Morgan fingerprint density at radius 1 is 0.806 bits per heavy atom. The maximum atomic E-state index is 11.7. The molecule has 1 N–H and O–H groups in total. The Hall–Kier alpha value is -3.11. The molecule has 4 aromatic rings. The maximum Gasteiger partial charge on any atom is 0.289 e. The molecular weight excluding hydrogens is 384 g/mol. The standard InChI is InChI=1S/C18H16.C9H12N2O2/c1-3-7-15-13(5-1)9-11-18-16-8-4-2-6-14(16)10-12-17(15)18;12-9(8-2-1-7-13-8)11-5-3-10-4-6-11/h1,3,5,7,9-12H,2,4,6,8H2;1-2,7,10H,3-6H2. The minimum absolute atomic E-state index is 0.00787. The van der Waals surface area contributed by atoms with Crippen molar-refractivity contribution >= 4 is 27.5 Å². The van der Waals surface area contributed by atoms with Crippen LogP contribution in [-0.2, 0) is 12.8 Å². The lowest BCUT2D eigenvalue weighted by Crippen LogP contribution is -2.46. The number of nitrogens with zero attached hydrogens (tertiary/aromatic N) is 1. The molecule has 0 radical (unpaired) electrons. The number of benzene rings is 3. The van der Waals surface area contributed by atoms with Crippen molar-refractivity contribution in [3.8, 4) is 0 Å². The summed E-state index contributed by atoms with van der Waals surface area (Å²) in [6, 6.07) is 21.4. The van der Waals surface area contributed by atoms with Crippen LogP contribution in [0, 0.1) is 0 Å². The summed E-state index contributed by atoms with van der Waals surface area (Å²) < 4.78 is 5.04. The van der Waals surface area contributed by atoms with Gasteiger partial charge in [-0.05, 0) is 70.5 Å². The van der Waals surface area contributed by atoms with E-state index in [2.05, 4.69) is 53.8 Å². The van der Waals surface area contributed by atoms with Crippen molar-refractivity contribution < 1.29 is 9.21 Å². The van der Waals surface area contributed by atoms with Gasteiger partial charge in [-0.2, -0.15) is 0 Å². The van der Waals surface area contributed by atoms with Crippen LogP contribution in [0.25, 0.3) is 21.5 Å². The lowest BCUT2D eigenvalue weighted by atomic mass is 9.86. The van der Waals surface area contributed by atoms with Gasteiger partial charge in [-0.1, -0.05) is 48.5 Å². The summed E-state index contributed by atoms with van der Waals surface area (Å²) >= 11 is 0. The van der Waals surface area contributed by atoms with Gasteiger partial charge in [0.05, 0.1) is 6.26 Å². The molecule has 0 unspecified atom stereocenters. The molecule has 2 aliphatic rings. The number of carbonyl (C=O) groups excluding carboxylic acids is 1. The Labute approximate surface area is 182 Å². The maximum absolute atomic E-state index is 11.7. The predicted molar refractivity (Wildman–Crippen MR) is 126 cm³/mol. The van der Waals surface area contributed by atoms with E-state index in [0.717, 1.165) is 26.2 Å². The first-order chi connectivity index (χ1) is 15.3. The van der Waals surface area contributed by atoms with Crippen LogP contribution in [0.5, 0.6) is 0 Å². The minimum atomic E-state index is -0.00787. The van der Waals surface area contributed by atoms with Crippen molar-refractivity contribution in [3.63, 3.8) is 0 Å². The van der Waals surface area contributed by atoms with Gasteiger partial charge in [-0.3, -0.25) is 4.79 Å². The number of rotatable bonds is 1. The van der Waals surface area contributed by atoms with Crippen LogP contribution in [0.15, 0.2) is 71.3 Å². The third kappa shape index (κ3) is 4.08. The van der Waals surface area contributed by atoms with Gasteiger partial charge >= 0.3 is 0 Å². The molecule has 1 aromatic heterocycles. The van der Waals surface area contributed by atoms with Crippen LogP contribution in [0.3, 0.4) is 0 Å². The largest absolute Gasteiger partial charge is 0.459 e. The number of piperazine rings is 1.